The number of hydrogen-bond acceptors (Lipinski definition) is 0. The van der Waals surface area contributed by atoms with Crippen molar-refractivity contribution in [1.29, 1.82) is 0 Å². The number of hydrogen-bond donors (Lipinski definition) is 0. The third kappa shape index (κ3) is 2.38. The van der Waals surface area contributed by atoms with Crippen molar-refractivity contribution >= 4 is 11.6 Å². The summed E-state index contributed by atoms with van der Waals surface area (Å²) in [4.78, 5) is 0. The first-order valence-electron chi connectivity index (χ1n) is 6.89. The lowest BCUT2D eigenvalue weighted by molar-refractivity contribution is 0.335. The van der Waals surface area contributed by atoms with E-state index >= 15 is 0 Å². The van der Waals surface area contributed by atoms with Crippen molar-refractivity contribution in [2.45, 2.75) is 57.2 Å². The Kier molecular flexibility index (Phi) is 2.94. The molecule has 17 heavy (non-hydrogen) atoms. The third-order valence-electron chi connectivity index (χ3n) is 4.57. The van der Waals surface area contributed by atoms with Crippen LogP contribution in [0.15, 0.2) is 18.2 Å². The summed E-state index contributed by atoms with van der Waals surface area (Å²) in [5.41, 5.74) is 5.16. The fraction of sp³-hybridized carbons (Fsp3) is 0.625. The zero-order chi connectivity index (χ0) is 11.9. The topological polar surface area (TPSA) is 0 Å². The maximum Gasteiger partial charge on any atom is 0.0341 e. The Morgan fingerprint density at radius 1 is 1.29 bits per heavy atom. The number of halogens is 1. The highest BCUT2D eigenvalue weighted by Crippen LogP contribution is 2.43. The van der Waals surface area contributed by atoms with Crippen LogP contribution in [0.1, 0.15) is 49.3 Å². The Hall–Kier alpha value is -0.490. The summed E-state index contributed by atoms with van der Waals surface area (Å²) in [5.74, 6) is 0. The van der Waals surface area contributed by atoms with Crippen LogP contribution in [0.4, 0.5) is 0 Å². The molecule has 0 aromatic heterocycles. The predicted molar refractivity (Wildman–Crippen MR) is 73.8 cm³/mol. The van der Waals surface area contributed by atoms with Crippen molar-refractivity contribution in [2.24, 2.45) is 5.41 Å². The second-order valence-corrected chi connectivity index (χ2v) is 6.90. The Balaban J connectivity index is 1.77. The fourth-order valence-electron chi connectivity index (χ4n) is 3.63. The average Bonchev–Trinajstić information content (AvgIpc) is 2.85. The van der Waals surface area contributed by atoms with Gasteiger partial charge in [0, 0.05) is 5.38 Å². The average molecular weight is 249 g/mol. The molecule has 2 aliphatic carbocycles. The molecule has 1 aromatic rings. The number of aryl methyl sites for hydroxylation is 2. The highest BCUT2D eigenvalue weighted by molar-refractivity contribution is 6.20. The molecular weight excluding hydrogens is 228 g/mol. The van der Waals surface area contributed by atoms with Crippen LogP contribution in [0.25, 0.3) is 0 Å². The highest BCUT2D eigenvalue weighted by Gasteiger charge is 2.34. The first kappa shape index (κ1) is 11.6. The minimum atomic E-state index is 0.412. The van der Waals surface area contributed by atoms with Crippen LogP contribution in [0, 0.1) is 5.41 Å². The van der Waals surface area contributed by atoms with Crippen molar-refractivity contribution in [1.82, 2.24) is 0 Å². The minimum absolute atomic E-state index is 0.412. The Bertz CT molecular complexity index is 424. The highest BCUT2D eigenvalue weighted by atomic mass is 35.5. The molecule has 0 saturated heterocycles. The standard InChI is InChI=1S/C16H21Cl/c1-16(8-7-15(17)11-16)10-12-5-6-13-3-2-4-14(13)9-12/h5-6,9,15H,2-4,7-8,10-11H2,1H3. The van der Waals surface area contributed by atoms with Crippen molar-refractivity contribution in [3.05, 3.63) is 34.9 Å². The van der Waals surface area contributed by atoms with Gasteiger partial charge in [0.15, 0.2) is 0 Å². The van der Waals surface area contributed by atoms with E-state index in [-0.39, 0.29) is 0 Å². The van der Waals surface area contributed by atoms with Crippen molar-refractivity contribution in [3.63, 3.8) is 0 Å². The maximum absolute atomic E-state index is 6.26. The molecule has 2 atom stereocenters. The molecule has 92 valence electrons. The van der Waals surface area contributed by atoms with Gasteiger partial charge in [-0.1, -0.05) is 25.1 Å². The molecule has 1 aromatic carbocycles. The monoisotopic (exact) mass is 248 g/mol. The summed E-state index contributed by atoms with van der Waals surface area (Å²) in [6.45, 7) is 2.41. The Labute approximate surface area is 109 Å². The lowest BCUT2D eigenvalue weighted by atomic mass is 9.82. The van der Waals surface area contributed by atoms with Crippen LogP contribution in [0.2, 0.25) is 0 Å². The van der Waals surface area contributed by atoms with E-state index in [1.165, 1.54) is 50.5 Å². The Morgan fingerprint density at radius 3 is 2.88 bits per heavy atom. The van der Waals surface area contributed by atoms with Crippen LogP contribution in [0.5, 0.6) is 0 Å². The van der Waals surface area contributed by atoms with Gasteiger partial charge in [-0.3, -0.25) is 0 Å². The quantitative estimate of drug-likeness (QED) is 0.676. The SMILES string of the molecule is CC1(Cc2ccc3c(c2)CCC3)CCC(Cl)C1. The summed E-state index contributed by atoms with van der Waals surface area (Å²) in [7, 11) is 0. The van der Waals surface area contributed by atoms with E-state index in [1.54, 1.807) is 11.1 Å². The molecule has 1 fully saturated rings. The zero-order valence-electron chi connectivity index (χ0n) is 10.6. The molecule has 2 unspecified atom stereocenters. The van der Waals surface area contributed by atoms with Gasteiger partial charge in [0.2, 0.25) is 0 Å². The maximum atomic E-state index is 6.26. The number of benzene rings is 1. The van der Waals surface area contributed by atoms with Gasteiger partial charge in [-0.15, -0.1) is 11.6 Å². The number of fused-ring (bicyclic) bond motifs is 1. The molecule has 0 radical (unpaired) electrons. The molecule has 0 nitrogen and oxygen atoms in total. The zero-order valence-corrected chi connectivity index (χ0v) is 11.4. The Morgan fingerprint density at radius 2 is 2.12 bits per heavy atom. The largest absolute Gasteiger partial charge is 0.123 e. The number of alkyl halides is 1. The van der Waals surface area contributed by atoms with E-state index in [1.807, 2.05) is 0 Å². The van der Waals surface area contributed by atoms with E-state index < -0.39 is 0 Å². The van der Waals surface area contributed by atoms with E-state index in [2.05, 4.69) is 25.1 Å². The van der Waals surface area contributed by atoms with Crippen molar-refractivity contribution < 1.29 is 0 Å². The molecule has 0 N–H and O–H groups in total. The first-order valence-corrected chi connectivity index (χ1v) is 7.33. The van der Waals surface area contributed by atoms with Crippen LogP contribution < -0.4 is 0 Å². The number of rotatable bonds is 2. The summed E-state index contributed by atoms with van der Waals surface area (Å²) in [6.07, 6.45) is 8.81. The summed E-state index contributed by atoms with van der Waals surface area (Å²) >= 11 is 6.26. The lowest BCUT2D eigenvalue weighted by Crippen LogP contribution is -2.15. The van der Waals surface area contributed by atoms with E-state index in [0.717, 1.165) is 0 Å². The molecule has 1 saturated carbocycles. The molecule has 0 bridgehead atoms. The molecule has 0 amide bonds. The molecule has 0 heterocycles. The lowest BCUT2D eigenvalue weighted by Gasteiger charge is -2.24. The molecule has 2 aliphatic rings. The molecular formula is C16H21Cl. The molecule has 3 rings (SSSR count). The van der Waals surface area contributed by atoms with Gasteiger partial charge in [-0.05, 0) is 67.1 Å². The molecule has 0 spiro atoms. The van der Waals surface area contributed by atoms with Crippen LogP contribution >= 0.6 is 11.6 Å². The van der Waals surface area contributed by atoms with E-state index in [9.17, 15) is 0 Å². The van der Waals surface area contributed by atoms with Crippen molar-refractivity contribution in [3.8, 4) is 0 Å². The van der Waals surface area contributed by atoms with Gasteiger partial charge >= 0.3 is 0 Å². The van der Waals surface area contributed by atoms with Gasteiger partial charge in [0.05, 0.1) is 0 Å². The van der Waals surface area contributed by atoms with Gasteiger partial charge < -0.3 is 0 Å². The predicted octanol–water partition coefficient (Wildman–Crippen LogP) is 4.52. The van der Waals surface area contributed by atoms with Crippen LogP contribution in [0.3, 0.4) is 0 Å². The smallest absolute Gasteiger partial charge is 0.0341 e. The minimum Gasteiger partial charge on any atom is -0.123 e. The third-order valence-corrected chi connectivity index (χ3v) is 4.94. The second-order valence-electron chi connectivity index (χ2n) is 6.28. The van der Waals surface area contributed by atoms with Gasteiger partial charge in [0.25, 0.3) is 0 Å². The van der Waals surface area contributed by atoms with Crippen molar-refractivity contribution in [2.75, 3.05) is 0 Å². The first-order chi connectivity index (χ1) is 8.15. The van der Waals surface area contributed by atoms with Gasteiger partial charge in [-0.2, -0.15) is 0 Å². The second kappa shape index (κ2) is 4.31. The molecule has 1 heteroatoms. The summed E-state index contributed by atoms with van der Waals surface area (Å²) in [6, 6.07) is 7.15. The normalized spacial score (nSPS) is 31.8. The van der Waals surface area contributed by atoms with Crippen LogP contribution in [-0.2, 0) is 19.3 Å². The van der Waals surface area contributed by atoms with Crippen LogP contribution in [-0.4, -0.2) is 5.38 Å². The molecule has 0 aliphatic heterocycles. The van der Waals surface area contributed by atoms with E-state index in [0.29, 0.717) is 10.8 Å². The van der Waals surface area contributed by atoms with Gasteiger partial charge in [0.1, 0.15) is 0 Å². The van der Waals surface area contributed by atoms with Gasteiger partial charge in [-0.25, -0.2) is 0 Å². The van der Waals surface area contributed by atoms with E-state index in [4.69, 9.17) is 11.6 Å². The fourth-order valence-corrected chi connectivity index (χ4v) is 4.11. The summed E-state index contributed by atoms with van der Waals surface area (Å²) < 4.78 is 0. The summed E-state index contributed by atoms with van der Waals surface area (Å²) in [5, 5.41) is 0.412.